The summed E-state index contributed by atoms with van der Waals surface area (Å²) in [6.45, 7) is 9.06. The molecule has 0 unspecified atom stereocenters. The van der Waals surface area contributed by atoms with Crippen LogP contribution < -0.4 is 14.8 Å². The summed E-state index contributed by atoms with van der Waals surface area (Å²) >= 11 is 12.5. The Bertz CT molecular complexity index is 717. The van der Waals surface area contributed by atoms with E-state index in [1.807, 2.05) is 44.2 Å². The van der Waals surface area contributed by atoms with Crippen LogP contribution >= 0.6 is 23.2 Å². The van der Waals surface area contributed by atoms with E-state index in [0.717, 1.165) is 21.8 Å². The summed E-state index contributed by atoms with van der Waals surface area (Å²) in [6, 6.07) is 9.59. The lowest BCUT2D eigenvalue weighted by Gasteiger charge is -2.16. The highest BCUT2D eigenvalue weighted by Crippen LogP contribution is 2.37. The van der Waals surface area contributed by atoms with Crippen molar-refractivity contribution in [2.24, 2.45) is 0 Å². The van der Waals surface area contributed by atoms with Gasteiger partial charge in [0.2, 0.25) is 0 Å². The smallest absolute Gasteiger partial charge is 0.180 e. The van der Waals surface area contributed by atoms with Gasteiger partial charge < -0.3 is 14.8 Å². The van der Waals surface area contributed by atoms with Crippen LogP contribution in [0.3, 0.4) is 0 Å². The van der Waals surface area contributed by atoms with Crippen molar-refractivity contribution < 1.29 is 9.47 Å². The summed E-state index contributed by atoms with van der Waals surface area (Å²) in [7, 11) is 0. The van der Waals surface area contributed by atoms with Gasteiger partial charge in [-0.05, 0) is 49.2 Å². The van der Waals surface area contributed by atoms with E-state index in [1.54, 1.807) is 6.08 Å². The lowest BCUT2D eigenvalue weighted by atomic mass is 10.1. The molecule has 0 aliphatic heterocycles. The SMILES string of the molecule is C=CCOc1c(Cl)cc(CNc2cccc(Cl)c2C)cc1OCC. The quantitative estimate of drug-likeness (QED) is 0.592. The fourth-order valence-electron chi connectivity index (χ4n) is 2.26. The molecule has 0 radical (unpaired) electrons. The van der Waals surface area contributed by atoms with Crippen LogP contribution in [0.25, 0.3) is 0 Å². The van der Waals surface area contributed by atoms with Gasteiger partial charge in [-0.2, -0.15) is 0 Å². The average Bonchev–Trinajstić information content (AvgIpc) is 2.56. The van der Waals surface area contributed by atoms with Crippen LogP contribution in [0.1, 0.15) is 18.1 Å². The van der Waals surface area contributed by atoms with Gasteiger partial charge in [-0.3, -0.25) is 0 Å². The summed E-state index contributed by atoms with van der Waals surface area (Å²) in [5, 5.41) is 4.63. The molecule has 0 heterocycles. The second-order valence-electron chi connectivity index (χ2n) is 5.20. The molecule has 128 valence electrons. The Hall–Kier alpha value is -1.84. The Kier molecular flexibility index (Phi) is 6.83. The first-order valence-corrected chi connectivity index (χ1v) is 8.50. The molecule has 5 heteroatoms. The average molecular weight is 366 g/mol. The molecule has 1 N–H and O–H groups in total. The number of rotatable bonds is 8. The number of benzene rings is 2. The molecule has 0 aliphatic rings. The number of hydrogen-bond donors (Lipinski definition) is 1. The number of ether oxygens (including phenoxy) is 2. The van der Waals surface area contributed by atoms with Gasteiger partial charge in [0.05, 0.1) is 11.6 Å². The maximum Gasteiger partial charge on any atom is 0.180 e. The molecule has 2 aromatic rings. The van der Waals surface area contributed by atoms with E-state index < -0.39 is 0 Å². The van der Waals surface area contributed by atoms with Gasteiger partial charge in [-0.25, -0.2) is 0 Å². The number of anilines is 1. The van der Waals surface area contributed by atoms with Crippen LogP contribution in [0.15, 0.2) is 43.0 Å². The fraction of sp³-hybridized carbons (Fsp3) is 0.263. The third kappa shape index (κ3) is 4.59. The van der Waals surface area contributed by atoms with Gasteiger partial charge in [0, 0.05) is 17.3 Å². The number of nitrogens with one attached hydrogen (secondary N) is 1. The first kappa shape index (κ1) is 18.5. The number of halogens is 2. The van der Waals surface area contributed by atoms with Crippen molar-refractivity contribution in [2.75, 3.05) is 18.5 Å². The van der Waals surface area contributed by atoms with Crippen LogP contribution in [0.4, 0.5) is 5.69 Å². The van der Waals surface area contributed by atoms with E-state index >= 15 is 0 Å². The fourth-order valence-corrected chi connectivity index (χ4v) is 2.73. The first-order valence-electron chi connectivity index (χ1n) is 7.74. The van der Waals surface area contributed by atoms with E-state index in [0.29, 0.717) is 36.3 Å². The Morgan fingerprint density at radius 2 is 1.96 bits per heavy atom. The molecule has 0 bridgehead atoms. The molecule has 2 rings (SSSR count). The number of hydrogen-bond acceptors (Lipinski definition) is 3. The standard InChI is InChI=1S/C19H21Cl2NO2/c1-4-9-24-19-16(21)10-14(11-18(19)23-5-2)12-22-17-8-6-7-15(20)13(17)3/h4,6-8,10-11,22H,1,5,9,12H2,2-3H3. The highest BCUT2D eigenvalue weighted by molar-refractivity contribution is 6.32. The Morgan fingerprint density at radius 3 is 2.67 bits per heavy atom. The van der Waals surface area contributed by atoms with Crippen molar-refractivity contribution in [3.63, 3.8) is 0 Å². The molecule has 0 saturated carbocycles. The van der Waals surface area contributed by atoms with Gasteiger partial charge in [0.25, 0.3) is 0 Å². The van der Waals surface area contributed by atoms with Gasteiger partial charge >= 0.3 is 0 Å². The second-order valence-corrected chi connectivity index (χ2v) is 6.02. The highest BCUT2D eigenvalue weighted by Gasteiger charge is 2.12. The van der Waals surface area contributed by atoms with E-state index in [4.69, 9.17) is 32.7 Å². The highest BCUT2D eigenvalue weighted by atomic mass is 35.5. The third-order valence-corrected chi connectivity index (χ3v) is 4.16. The molecule has 0 aromatic heterocycles. The Labute approximate surface area is 153 Å². The van der Waals surface area contributed by atoms with Crippen LogP contribution in [0.2, 0.25) is 10.0 Å². The van der Waals surface area contributed by atoms with Gasteiger partial charge in [-0.1, -0.05) is 41.9 Å². The molecule has 0 fully saturated rings. The summed E-state index contributed by atoms with van der Waals surface area (Å²) in [4.78, 5) is 0. The Balaban J connectivity index is 2.21. The monoisotopic (exact) mass is 365 g/mol. The van der Waals surface area contributed by atoms with Crippen molar-refractivity contribution in [1.29, 1.82) is 0 Å². The molecule has 0 spiro atoms. The zero-order valence-corrected chi connectivity index (χ0v) is 15.4. The summed E-state index contributed by atoms with van der Waals surface area (Å²) in [5.41, 5.74) is 3.00. The minimum Gasteiger partial charge on any atom is -0.490 e. The molecule has 0 amide bonds. The topological polar surface area (TPSA) is 30.5 Å². The van der Waals surface area contributed by atoms with Crippen molar-refractivity contribution in [2.45, 2.75) is 20.4 Å². The maximum atomic E-state index is 6.36. The van der Waals surface area contributed by atoms with E-state index in [1.165, 1.54) is 0 Å². The summed E-state index contributed by atoms with van der Waals surface area (Å²) < 4.78 is 11.3. The molecular formula is C19H21Cl2NO2. The van der Waals surface area contributed by atoms with Crippen LogP contribution in [-0.2, 0) is 6.54 Å². The molecule has 3 nitrogen and oxygen atoms in total. The van der Waals surface area contributed by atoms with Crippen molar-refractivity contribution >= 4 is 28.9 Å². The molecular weight excluding hydrogens is 345 g/mol. The van der Waals surface area contributed by atoms with Gasteiger partial charge in [-0.15, -0.1) is 0 Å². The zero-order valence-electron chi connectivity index (χ0n) is 13.9. The molecule has 24 heavy (non-hydrogen) atoms. The van der Waals surface area contributed by atoms with Crippen LogP contribution in [-0.4, -0.2) is 13.2 Å². The molecule has 2 aromatic carbocycles. The van der Waals surface area contributed by atoms with Crippen LogP contribution in [0, 0.1) is 6.92 Å². The molecule has 0 saturated heterocycles. The third-order valence-electron chi connectivity index (χ3n) is 3.47. The normalized spacial score (nSPS) is 10.3. The van der Waals surface area contributed by atoms with Gasteiger partial charge in [0.15, 0.2) is 11.5 Å². The van der Waals surface area contributed by atoms with Crippen molar-refractivity contribution in [1.82, 2.24) is 0 Å². The van der Waals surface area contributed by atoms with Crippen molar-refractivity contribution in [3.05, 3.63) is 64.2 Å². The minimum absolute atomic E-state index is 0.374. The maximum absolute atomic E-state index is 6.36. The van der Waals surface area contributed by atoms with Crippen molar-refractivity contribution in [3.8, 4) is 11.5 Å². The van der Waals surface area contributed by atoms with E-state index in [2.05, 4.69) is 11.9 Å². The van der Waals surface area contributed by atoms with Gasteiger partial charge in [0.1, 0.15) is 6.61 Å². The summed E-state index contributed by atoms with van der Waals surface area (Å²) in [6.07, 6.45) is 1.67. The molecule has 0 aliphatic carbocycles. The predicted octanol–water partition coefficient (Wildman–Crippen LogP) is 5.88. The largest absolute Gasteiger partial charge is 0.490 e. The molecule has 0 atom stereocenters. The first-order chi connectivity index (χ1) is 11.6. The van der Waals surface area contributed by atoms with E-state index in [-0.39, 0.29) is 0 Å². The predicted molar refractivity (Wildman–Crippen MR) is 102 cm³/mol. The van der Waals surface area contributed by atoms with E-state index in [9.17, 15) is 0 Å². The van der Waals surface area contributed by atoms with Crippen LogP contribution in [0.5, 0.6) is 11.5 Å². The summed E-state index contributed by atoms with van der Waals surface area (Å²) in [5.74, 6) is 1.17. The lowest BCUT2D eigenvalue weighted by Crippen LogP contribution is -2.04. The minimum atomic E-state index is 0.374. The lowest BCUT2D eigenvalue weighted by molar-refractivity contribution is 0.297. The zero-order chi connectivity index (χ0) is 17.5. The Morgan fingerprint density at radius 1 is 1.17 bits per heavy atom. The second kappa shape index (κ2) is 8.86.